The van der Waals surface area contributed by atoms with Crippen molar-refractivity contribution in [3.05, 3.63) is 42.0 Å². The third-order valence-corrected chi connectivity index (χ3v) is 2.99. The molecular formula is C14H18FN5O. The smallest absolute Gasteiger partial charge is 0.246 e. The van der Waals surface area contributed by atoms with Crippen LogP contribution < -0.4 is 11.1 Å². The Bertz CT molecular complexity index is 613. The molecule has 0 fully saturated rings. The number of hydrogen-bond acceptors (Lipinski definition) is 4. The lowest BCUT2D eigenvalue weighted by Crippen LogP contribution is -2.19. The Morgan fingerprint density at radius 2 is 2.24 bits per heavy atom. The average molecular weight is 291 g/mol. The zero-order valence-electron chi connectivity index (χ0n) is 11.8. The van der Waals surface area contributed by atoms with E-state index in [-0.39, 0.29) is 24.2 Å². The Hall–Kier alpha value is -2.28. The van der Waals surface area contributed by atoms with E-state index >= 15 is 0 Å². The SMILES string of the molecule is CCCC(N)c1cn(CC(=O)Nc2ccccc2F)nn1. The van der Waals surface area contributed by atoms with Crippen molar-refractivity contribution in [3.63, 3.8) is 0 Å². The molecule has 1 unspecified atom stereocenters. The van der Waals surface area contributed by atoms with Crippen molar-refractivity contribution < 1.29 is 9.18 Å². The number of nitrogens with zero attached hydrogens (tertiary/aromatic N) is 3. The van der Waals surface area contributed by atoms with Gasteiger partial charge in [0.15, 0.2) is 0 Å². The molecule has 2 aromatic rings. The van der Waals surface area contributed by atoms with Crippen LogP contribution in [0.15, 0.2) is 30.5 Å². The molecule has 0 aliphatic rings. The number of rotatable bonds is 6. The van der Waals surface area contributed by atoms with E-state index < -0.39 is 5.82 Å². The van der Waals surface area contributed by atoms with Crippen molar-refractivity contribution in [3.8, 4) is 0 Å². The number of anilines is 1. The highest BCUT2D eigenvalue weighted by molar-refractivity contribution is 5.90. The number of aromatic nitrogens is 3. The molecule has 21 heavy (non-hydrogen) atoms. The summed E-state index contributed by atoms with van der Waals surface area (Å²) in [5.41, 5.74) is 6.72. The lowest BCUT2D eigenvalue weighted by atomic mass is 10.1. The number of carbonyl (C=O) groups is 1. The summed E-state index contributed by atoms with van der Waals surface area (Å²) in [6, 6.07) is 5.81. The van der Waals surface area contributed by atoms with Crippen molar-refractivity contribution in [2.45, 2.75) is 32.4 Å². The molecule has 6 nitrogen and oxygen atoms in total. The second kappa shape index (κ2) is 6.94. The number of benzene rings is 1. The highest BCUT2D eigenvalue weighted by atomic mass is 19.1. The molecule has 3 N–H and O–H groups in total. The highest BCUT2D eigenvalue weighted by Gasteiger charge is 2.12. The van der Waals surface area contributed by atoms with Gasteiger partial charge in [-0.1, -0.05) is 30.7 Å². The summed E-state index contributed by atoms with van der Waals surface area (Å²) in [5, 5.41) is 10.3. The highest BCUT2D eigenvalue weighted by Crippen LogP contribution is 2.13. The van der Waals surface area contributed by atoms with Gasteiger partial charge in [-0.2, -0.15) is 0 Å². The van der Waals surface area contributed by atoms with Crippen LogP contribution in [-0.4, -0.2) is 20.9 Å². The summed E-state index contributed by atoms with van der Waals surface area (Å²) in [6.45, 7) is 1.99. The molecule has 0 aliphatic heterocycles. The molecule has 2 rings (SSSR count). The normalized spacial score (nSPS) is 12.1. The molecule has 7 heteroatoms. The number of nitrogens with two attached hydrogens (primary N) is 1. The molecule has 1 amide bonds. The van der Waals surface area contributed by atoms with Crippen LogP contribution in [0, 0.1) is 5.82 Å². The first-order chi connectivity index (χ1) is 10.1. The van der Waals surface area contributed by atoms with Crippen molar-refractivity contribution in [2.24, 2.45) is 5.73 Å². The van der Waals surface area contributed by atoms with Crippen LogP contribution in [0.25, 0.3) is 0 Å². The van der Waals surface area contributed by atoms with Gasteiger partial charge >= 0.3 is 0 Å². The largest absolute Gasteiger partial charge is 0.323 e. The van der Waals surface area contributed by atoms with Gasteiger partial charge in [-0.15, -0.1) is 5.10 Å². The van der Waals surface area contributed by atoms with Gasteiger partial charge in [0.2, 0.25) is 5.91 Å². The van der Waals surface area contributed by atoms with E-state index in [0.29, 0.717) is 5.69 Å². The van der Waals surface area contributed by atoms with Crippen LogP contribution in [0.2, 0.25) is 0 Å². The maximum atomic E-state index is 13.4. The average Bonchev–Trinajstić information content (AvgIpc) is 2.90. The van der Waals surface area contributed by atoms with Crippen molar-refractivity contribution >= 4 is 11.6 Å². The quantitative estimate of drug-likeness (QED) is 0.850. The Morgan fingerprint density at radius 1 is 1.48 bits per heavy atom. The standard InChI is InChI=1S/C14H18FN5O/c1-2-5-11(16)13-8-20(19-18-13)9-14(21)17-12-7-4-3-6-10(12)15/h3-4,6-8,11H,2,5,9,16H2,1H3,(H,17,21). The number of nitrogens with one attached hydrogen (secondary N) is 1. The number of para-hydroxylation sites is 1. The minimum atomic E-state index is -0.477. The van der Waals surface area contributed by atoms with E-state index in [4.69, 9.17) is 5.73 Å². The molecule has 0 spiro atoms. The molecule has 0 radical (unpaired) electrons. The fourth-order valence-corrected chi connectivity index (χ4v) is 1.92. The summed E-state index contributed by atoms with van der Waals surface area (Å²) in [4.78, 5) is 11.8. The molecule has 112 valence electrons. The predicted octanol–water partition coefficient (Wildman–Crippen LogP) is 1.86. The lowest BCUT2D eigenvalue weighted by molar-refractivity contribution is -0.116. The van der Waals surface area contributed by atoms with E-state index in [0.717, 1.165) is 12.8 Å². The number of carbonyl (C=O) groups excluding carboxylic acids is 1. The molecule has 1 aromatic carbocycles. The molecular weight excluding hydrogens is 273 g/mol. The first-order valence-corrected chi connectivity index (χ1v) is 6.80. The van der Waals surface area contributed by atoms with Gasteiger partial charge in [0, 0.05) is 0 Å². The van der Waals surface area contributed by atoms with E-state index in [1.54, 1.807) is 18.3 Å². The lowest BCUT2D eigenvalue weighted by Gasteiger charge is -2.06. The summed E-state index contributed by atoms with van der Waals surface area (Å²) in [7, 11) is 0. The second-order valence-corrected chi connectivity index (χ2v) is 4.76. The van der Waals surface area contributed by atoms with Crippen LogP contribution in [0.1, 0.15) is 31.5 Å². The number of hydrogen-bond donors (Lipinski definition) is 2. The monoisotopic (exact) mass is 291 g/mol. The fourth-order valence-electron chi connectivity index (χ4n) is 1.92. The van der Waals surface area contributed by atoms with Crippen LogP contribution in [0.5, 0.6) is 0 Å². The molecule has 0 aliphatic carbocycles. The molecule has 1 heterocycles. The van der Waals surface area contributed by atoms with Crippen molar-refractivity contribution in [2.75, 3.05) is 5.32 Å². The minimum Gasteiger partial charge on any atom is -0.323 e. The van der Waals surface area contributed by atoms with Crippen LogP contribution >= 0.6 is 0 Å². The second-order valence-electron chi connectivity index (χ2n) is 4.76. The fraction of sp³-hybridized carbons (Fsp3) is 0.357. The van der Waals surface area contributed by atoms with Gasteiger partial charge < -0.3 is 11.1 Å². The molecule has 1 aromatic heterocycles. The van der Waals surface area contributed by atoms with Gasteiger partial charge in [-0.3, -0.25) is 4.79 Å². The molecule has 1 atom stereocenters. The van der Waals surface area contributed by atoms with Gasteiger partial charge in [0.05, 0.1) is 23.6 Å². The maximum absolute atomic E-state index is 13.4. The van der Waals surface area contributed by atoms with Crippen molar-refractivity contribution in [1.82, 2.24) is 15.0 Å². The predicted molar refractivity (Wildman–Crippen MR) is 76.9 cm³/mol. The Kier molecular flexibility index (Phi) is 4.99. The Labute approximate surface area is 122 Å². The van der Waals surface area contributed by atoms with Crippen LogP contribution in [-0.2, 0) is 11.3 Å². The van der Waals surface area contributed by atoms with Crippen LogP contribution in [0.3, 0.4) is 0 Å². The Balaban J connectivity index is 1.96. The van der Waals surface area contributed by atoms with Gasteiger partial charge in [0.25, 0.3) is 0 Å². The Morgan fingerprint density at radius 3 is 2.95 bits per heavy atom. The van der Waals surface area contributed by atoms with E-state index in [1.165, 1.54) is 16.8 Å². The summed E-state index contributed by atoms with van der Waals surface area (Å²) >= 11 is 0. The first kappa shape index (κ1) is 15.1. The van der Waals surface area contributed by atoms with E-state index in [2.05, 4.69) is 15.6 Å². The topological polar surface area (TPSA) is 85.8 Å². The summed E-state index contributed by atoms with van der Waals surface area (Å²) < 4.78 is 14.8. The minimum absolute atomic E-state index is 0.0415. The molecule has 0 saturated carbocycles. The number of halogens is 1. The zero-order valence-corrected chi connectivity index (χ0v) is 11.8. The van der Waals surface area contributed by atoms with Crippen molar-refractivity contribution in [1.29, 1.82) is 0 Å². The molecule has 0 bridgehead atoms. The maximum Gasteiger partial charge on any atom is 0.246 e. The third kappa shape index (κ3) is 4.09. The summed E-state index contributed by atoms with van der Waals surface area (Å²) in [5.74, 6) is -0.851. The summed E-state index contributed by atoms with van der Waals surface area (Å²) in [6.07, 6.45) is 3.39. The number of amides is 1. The van der Waals surface area contributed by atoms with Gasteiger partial charge in [0.1, 0.15) is 12.4 Å². The third-order valence-electron chi connectivity index (χ3n) is 2.99. The van der Waals surface area contributed by atoms with E-state index in [9.17, 15) is 9.18 Å². The first-order valence-electron chi connectivity index (χ1n) is 6.80. The van der Waals surface area contributed by atoms with E-state index in [1.807, 2.05) is 6.92 Å². The zero-order chi connectivity index (χ0) is 15.2. The van der Waals surface area contributed by atoms with Crippen LogP contribution in [0.4, 0.5) is 10.1 Å². The van der Waals surface area contributed by atoms with Gasteiger partial charge in [-0.05, 0) is 18.6 Å². The van der Waals surface area contributed by atoms with Gasteiger partial charge in [-0.25, -0.2) is 9.07 Å². The molecule has 0 saturated heterocycles.